The highest BCUT2D eigenvalue weighted by molar-refractivity contribution is 6.11. The number of anilines is 3. The molecule has 1 amide bonds. The minimum absolute atomic E-state index is 0.00472. The van der Waals surface area contributed by atoms with Crippen molar-refractivity contribution in [1.82, 2.24) is 9.97 Å². The number of hydrogen-bond acceptors (Lipinski definition) is 5. The largest absolute Gasteiger partial charge is 0.481 e. The van der Waals surface area contributed by atoms with Crippen molar-refractivity contribution in [2.45, 2.75) is 20.0 Å². The van der Waals surface area contributed by atoms with Gasteiger partial charge in [-0.1, -0.05) is 0 Å². The zero-order valence-corrected chi connectivity index (χ0v) is 17.4. The summed E-state index contributed by atoms with van der Waals surface area (Å²) in [5.41, 5.74) is 0.747. The van der Waals surface area contributed by atoms with Gasteiger partial charge < -0.3 is 9.64 Å². The van der Waals surface area contributed by atoms with E-state index in [9.17, 15) is 22.4 Å². The Bertz CT molecular complexity index is 1210. The lowest BCUT2D eigenvalue weighted by molar-refractivity contribution is -0.137. The molecule has 166 valence electrons. The molecule has 10 heteroatoms. The standard InChI is InChI=1S/C22H18F4N4O2/c1-12-8-15(23)4-5-16(12)29-11-30(17-6-7-19(32-3)28-13(17)2)21(31)20-18(29)9-14(10-27-20)22(24,25)26/h4-10H,11H2,1-3H3. The van der Waals surface area contributed by atoms with Gasteiger partial charge in [-0.25, -0.2) is 14.4 Å². The van der Waals surface area contributed by atoms with Crippen LogP contribution in [0.4, 0.5) is 34.6 Å². The molecule has 1 aliphatic rings. The monoisotopic (exact) mass is 446 g/mol. The molecular weight excluding hydrogens is 428 g/mol. The van der Waals surface area contributed by atoms with Crippen molar-refractivity contribution in [2.24, 2.45) is 0 Å². The summed E-state index contributed by atoms with van der Waals surface area (Å²) in [6, 6.07) is 8.06. The van der Waals surface area contributed by atoms with Gasteiger partial charge in [0, 0.05) is 18.0 Å². The minimum atomic E-state index is -4.64. The molecule has 2 aromatic heterocycles. The second-order valence-electron chi connectivity index (χ2n) is 7.28. The van der Waals surface area contributed by atoms with Crippen molar-refractivity contribution < 1.29 is 27.1 Å². The fourth-order valence-corrected chi connectivity index (χ4v) is 3.63. The highest BCUT2D eigenvalue weighted by Gasteiger charge is 2.38. The van der Waals surface area contributed by atoms with E-state index < -0.39 is 23.5 Å². The van der Waals surface area contributed by atoms with Gasteiger partial charge >= 0.3 is 6.18 Å². The van der Waals surface area contributed by atoms with Crippen molar-refractivity contribution in [2.75, 3.05) is 23.6 Å². The highest BCUT2D eigenvalue weighted by atomic mass is 19.4. The number of carbonyl (C=O) groups excluding carboxylic acids is 1. The number of benzene rings is 1. The van der Waals surface area contributed by atoms with Crippen molar-refractivity contribution in [1.29, 1.82) is 0 Å². The molecule has 0 bridgehead atoms. The van der Waals surface area contributed by atoms with Crippen LogP contribution in [0.25, 0.3) is 0 Å². The maximum atomic E-state index is 13.7. The Hall–Kier alpha value is -3.69. The van der Waals surface area contributed by atoms with E-state index in [1.807, 2.05) is 0 Å². The van der Waals surface area contributed by atoms with Gasteiger partial charge in [-0.3, -0.25) is 9.69 Å². The molecular formula is C22H18F4N4O2. The van der Waals surface area contributed by atoms with E-state index in [0.29, 0.717) is 34.7 Å². The highest BCUT2D eigenvalue weighted by Crippen LogP contribution is 2.40. The van der Waals surface area contributed by atoms with Crippen molar-refractivity contribution in [3.63, 3.8) is 0 Å². The first-order valence-corrected chi connectivity index (χ1v) is 9.54. The molecule has 0 aliphatic carbocycles. The molecule has 0 fully saturated rings. The first kappa shape index (κ1) is 21.5. The van der Waals surface area contributed by atoms with Crippen LogP contribution in [0.1, 0.15) is 27.3 Å². The Morgan fingerprint density at radius 1 is 1.00 bits per heavy atom. The van der Waals surface area contributed by atoms with Gasteiger partial charge in [0.25, 0.3) is 5.91 Å². The van der Waals surface area contributed by atoms with Crippen molar-refractivity contribution in [3.8, 4) is 5.88 Å². The fraction of sp³-hybridized carbons (Fsp3) is 0.227. The quantitative estimate of drug-likeness (QED) is 0.529. The number of amides is 1. The zero-order chi connectivity index (χ0) is 23.2. The average Bonchev–Trinajstić information content (AvgIpc) is 2.74. The van der Waals surface area contributed by atoms with Crippen LogP contribution in [0.15, 0.2) is 42.6 Å². The molecule has 0 saturated carbocycles. The Labute approximate surface area is 181 Å². The van der Waals surface area contributed by atoms with E-state index in [0.717, 1.165) is 6.07 Å². The molecule has 0 atom stereocenters. The van der Waals surface area contributed by atoms with E-state index in [-0.39, 0.29) is 18.1 Å². The minimum Gasteiger partial charge on any atom is -0.481 e. The van der Waals surface area contributed by atoms with E-state index in [1.165, 1.54) is 35.1 Å². The molecule has 0 unspecified atom stereocenters. The first-order valence-electron chi connectivity index (χ1n) is 9.54. The number of rotatable bonds is 3. The number of aromatic nitrogens is 2. The lowest BCUT2D eigenvalue weighted by Gasteiger charge is -2.38. The molecule has 32 heavy (non-hydrogen) atoms. The lowest BCUT2D eigenvalue weighted by Crippen LogP contribution is -2.46. The Kier molecular flexibility index (Phi) is 5.23. The molecule has 1 aliphatic heterocycles. The third-order valence-electron chi connectivity index (χ3n) is 5.20. The van der Waals surface area contributed by atoms with Crippen molar-refractivity contribution >= 4 is 23.0 Å². The summed E-state index contributed by atoms with van der Waals surface area (Å²) in [5, 5.41) is 0. The van der Waals surface area contributed by atoms with Crippen LogP contribution >= 0.6 is 0 Å². The SMILES string of the molecule is COc1ccc(N2CN(c3ccc(F)cc3C)c3cc(C(F)(F)F)cnc3C2=O)c(C)n1. The number of nitrogens with zero attached hydrogens (tertiary/aromatic N) is 4. The van der Waals surface area contributed by atoms with Gasteiger partial charge in [-0.2, -0.15) is 13.2 Å². The molecule has 4 rings (SSSR count). The normalized spacial score (nSPS) is 13.9. The maximum Gasteiger partial charge on any atom is 0.417 e. The molecule has 0 saturated heterocycles. The second-order valence-corrected chi connectivity index (χ2v) is 7.28. The predicted octanol–water partition coefficient (Wildman–Crippen LogP) is 5.02. The van der Waals surface area contributed by atoms with E-state index in [1.54, 1.807) is 26.0 Å². The fourth-order valence-electron chi connectivity index (χ4n) is 3.63. The third-order valence-corrected chi connectivity index (χ3v) is 5.20. The molecule has 1 aromatic carbocycles. The first-order chi connectivity index (χ1) is 15.1. The number of halogens is 4. The number of ether oxygens (including phenoxy) is 1. The van der Waals surface area contributed by atoms with Gasteiger partial charge in [0.05, 0.1) is 29.7 Å². The molecule has 3 heterocycles. The van der Waals surface area contributed by atoms with Crippen LogP contribution in [0, 0.1) is 19.7 Å². The average molecular weight is 446 g/mol. The third kappa shape index (κ3) is 3.72. The predicted molar refractivity (Wildman–Crippen MR) is 110 cm³/mol. The Balaban J connectivity index is 1.90. The van der Waals surface area contributed by atoms with Crippen LogP contribution in [-0.4, -0.2) is 29.7 Å². The summed E-state index contributed by atoms with van der Waals surface area (Å²) in [5.74, 6) is -0.691. The zero-order valence-electron chi connectivity index (χ0n) is 17.4. The van der Waals surface area contributed by atoms with Gasteiger partial charge in [-0.15, -0.1) is 0 Å². The number of methoxy groups -OCH3 is 1. The molecule has 3 aromatic rings. The van der Waals surface area contributed by atoms with E-state index in [2.05, 4.69) is 9.97 Å². The number of hydrogen-bond donors (Lipinski definition) is 0. The molecule has 6 nitrogen and oxygen atoms in total. The molecule has 0 N–H and O–H groups in total. The van der Waals surface area contributed by atoms with Gasteiger partial charge in [0.2, 0.25) is 5.88 Å². The second kappa shape index (κ2) is 7.77. The van der Waals surface area contributed by atoms with Crippen LogP contribution in [-0.2, 0) is 6.18 Å². The molecule has 0 radical (unpaired) electrons. The lowest BCUT2D eigenvalue weighted by atomic mass is 10.1. The van der Waals surface area contributed by atoms with Gasteiger partial charge in [-0.05, 0) is 49.7 Å². The van der Waals surface area contributed by atoms with Gasteiger partial charge in [0.15, 0.2) is 5.69 Å². The Morgan fingerprint density at radius 3 is 2.34 bits per heavy atom. The summed E-state index contributed by atoms with van der Waals surface area (Å²) in [7, 11) is 1.46. The van der Waals surface area contributed by atoms with E-state index >= 15 is 0 Å². The van der Waals surface area contributed by atoms with Crippen molar-refractivity contribution in [3.05, 3.63) is 70.9 Å². The summed E-state index contributed by atoms with van der Waals surface area (Å²) < 4.78 is 58.9. The van der Waals surface area contributed by atoms with E-state index in [4.69, 9.17) is 4.74 Å². The number of alkyl halides is 3. The summed E-state index contributed by atoms with van der Waals surface area (Å²) in [4.78, 5) is 24.3. The Morgan fingerprint density at radius 2 is 1.72 bits per heavy atom. The molecule has 0 spiro atoms. The van der Waals surface area contributed by atoms with Crippen LogP contribution < -0.4 is 14.5 Å². The van der Waals surface area contributed by atoms with Crippen LogP contribution in [0.2, 0.25) is 0 Å². The maximum absolute atomic E-state index is 13.7. The number of fused-ring (bicyclic) bond motifs is 1. The number of pyridine rings is 2. The van der Waals surface area contributed by atoms with Crippen LogP contribution in [0.3, 0.4) is 0 Å². The number of carbonyl (C=O) groups is 1. The van der Waals surface area contributed by atoms with Gasteiger partial charge in [0.1, 0.15) is 12.5 Å². The summed E-state index contributed by atoms with van der Waals surface area (Å²) >= 11 is 0. The summed E-state index contributed by atoms with van der Waals surface area (Å²) in [6.45, 7) is 3.21. The number of aryl methyl sites for hydroxylation is 2. The smallest absolute Gasteiger partial charge is 0.417 e. The summed E-state index contributed by atoms with van der Waals surface area (Å²) in [6.07, 6.45) is -4.00. The van der Waals surface area contributed by atoms with Crippen LogP contribution in [0.5, 0.6) is 5.88 Å². The topological polar surface area (TPSA) is 58.6 Å².